The Hall–Kier alpha value is -0.340. The van der Waals surface area contributed by atoms with Crippen LogP contribution in [0.1, 0.15) is 45.4 Å². The maximum atomic E-state index is 11.2. The van der Waals surface area contributed by atoms with Crippen LogP contribution in [0.25, 0.3) is 0 Å². The summed E-state index contributed by atoms with van der Waals surface area (Å²) in [5.41, 5.74) is 2.65. The van der Waals surface area contributed by atoms with Crippen molar-refractivity contribution < 1.29 is 5.11 Å². The van der Waals surface area contributed by atoms with E-state index >= 15 is 0 Å². The molecule has 0 aromatic heterocycles. The summed E-state index contributed by atoms with van der Waals surface area (Å²) in [7, 11) is 0. The van der Waals surface area contributed by atoms with E-state index in [4.69, 9.17) is 0 Å². The van der Waals surface area contributed by atoms with Gasteiger partial charge >= 0.3 is 0 Å². The Kier molecular flexibility index (Phi) is 1.64. The lowest BCUT2D eigenvalue weighted by Crippen LogP contribution is -2.63. The largest absolute Gasteiger partial charge is 0.388 e. The Morgan fingerprint density at radius 2 is 2.09 bits per heavy atom. The fraction of sp³-hybridized carbons (Fsp3) is 0.900. The summed E-state index contributed by atoms with van der Waals surface area (Å²) in [6.07, 6.45) is 8.23. The lowest BCUT2D eigenvalue weighted by molar-refractivity contribution is -0.166. The van der Waals surface area contributed by atoms with Gasteiger partial charge in [-0.3, -0.25) is 4.90 Å². The van der Waals surface area contributed by atoms with Gasteiger partial charge in [-0.15, -0.1) is 0 Å². The van der Waals surface area contributed by atoms with Crippen LogP contribution >= 0.6 is 0 Å². The van der Waals surface area contributed by atoms with Crippen molar-refractivity contribution >= 4 is 0 Å². The van der Waals surface area contributed by atoms with Gasteiger partial charge in [-0.05, 0) is 72.2 Å². The molecular formula is C20H27NO. The molecular weight excluding hydrogens is 270 g/mol. The molecule has 9 fully saturated rings. The number of fused-ring (bicyclic) bond motifs is 1. The van der Waals surface area contributed by atoms with Crippen molar-refractivity contribution in [1.29, 1.82) is 0 Å². The zero-order valence-corrected chi connectivity index (χ0v) is 13.6. The third kappa shape index (κ3) is 0.815. The highest BCUT2D eigenvalue weighted by molar-refractivity contribution is 5.42. The van der Waals surface area contributed by atoms with Crippen molar-refractivity contribution in [3.05, 3.63) is 12.2 Å². The molecule has 2 heteroatoms. The average Bonchev–Trinajstić information content (AvgIpc) is 2.90. The standard InChI is InChI=1S/C20H27NO/c1-10-11-6-12-16-19-5-3-4-18(2)9-21(16)13(15(18)19)8-20(12,17(10)22)14(19)7-11/h11-17,22H,1,3-9H2,2H3/t11-,12?,13+,14-,15+,16?,17+,18-,19+,20+/m0/s1. The highest BCUT2D eigenvalue weighted by atomic mass is 16.3. The lowest BCUT2D eigenvalue weighted by Gasteiger charge is -2.64. The van der Waals surface area contributed by atoms with Crippen molar-refractivity contribution in [3.8, 4) is 0 Å². The highest BCUT2D eigenvalue weighted by Crippen LogP contribution is 2.86. The van der Waals surface area contributed by atoms with Gasteiger partial charge in [0.2, 0.25) is 0 Å². The van der Waals surface area contributed by atoms with Crippen molar-refractivity contribution in [2.75, 3.05) is 6.54 Å². The first-order valence-corrected chi connectivity index (χ1v) is 9.66. The van der Waals surface area contributed by atoms with Gasteiger partial charge in [-0.2, -0.15) is 0 Å². The van der Waals surface area contributed by atoms with Gasteiger partial charge in [0.25, 0.3) is 0 Å². The van der Waals surface area contributed by atoms with Gasteiger partial charge < -0.3 is 5.11 Å². The van der Waals surface area contributed by atoms with Gasteiger partial charge in [0.1, 0.15) is 0 Å². The second-order valence-corrected chi connectivity index (χ2v) is 10.4. The van der Waals surface area contributed by atoms with E-state index in [0.717, 1.165) is 29.8 Å². The minimum absolute atomic E-state index is 0.172. The van der Waals surface area contributed by atoms with Crippen LogP contribution in [0.15, 0.2) is 12.2 Å². The Labute approximate surface area is 132 Å². The minimum atomic E-state index is -0.172. The Balaban J connectivity index is 1.53. The summed E-state index contributed by atoms with van der Waals surface area (Å²) in [4.78, 5) is 2.98. The normalized spacial score (nSPS) is 75.1. The average molecular weight is 297 g/mol. The Morgan fingerprint density at radius 3 is 2.95 bits per heavy atom. The SMILES string of the molecule is C=C1[C@H]2CC3C4N5C[C@]6(C)CCC[C@]47[C@H](C2)[C@]3(C[C@@H]5[C@H]67)[C@@H]1O. The topological polar surface area (TPSA) is 23.5 Å². The van der Waals surface area contributed by atoms with E-state index < -0.39 is 0 Å². The molecule has 3 aliphatic heterocycles. The van der Waals surface area contributed by atoms with Gasteiger partial charge in [0, 0.05) is 24.0 Å². The summed E-state index contributed by atoms with van der Waals surface area (Å²) in [6, 6.07) is 1.64. The molecule has 0 amide bonds. The number of nitrogens with zero attached hydrogens (tertiary/aromatic N) is 1. The smallest absolute Gasteiger partial charge is 0.0813 e. The molecule has 0 aromatic rings. The van der Waals surface area contributed by atoms with E-state index in [2.05, 4.69) is 18.4 Å². The molecule has 22 heavy (non-hydrogen) atoms. The van der Waals surface area contributed by atoms with Crippen molar-refractivity contribution in [3.63, 3.8) is 0 Å². The summed E-state index contributed by atoms with van der Waals surface area (Å²) in [5.74, 6) is 3.21. The van der Waals surface area contributed by atoms with E-state index in [1.165, 1.54) is 50.6 Å². The molecule has 6 aliphatic carbocycles. The molecule has 2 nitrogen and oxygen atoms in total. The first kappa shape index (κ1) is 12.1. The first-order valence-electron chi connectivity index (χ1n) is 9.66. The van der Waals surface area contributed by atoms with Crippen LogP contribution in [0, 0.1) is 39.9 Å². The number of aliphatic hydroxyl groups is 1. The predicted molar refractivity (Wildman–Crippen MR) is 84.1 cm³/mol. The maximum Gasteiger partial charge on any atom is 0.0813 e. The van der Waals surface area contributed by atoms with Crippen LogP contribution in [-0.4, -0.2) is 34.7 Å². The van der Waals surface area contributed by atoms with Crippen LogP contribution in [-0.2, 0) is 0 Å². The fourth-order valence-electron chi connectivity index (χ4n) is 10.4. The number of hydrogen-bond donors (Lipinski definition) is 1. The predicted octanol–water partition coefficient (Wildman–Crippen LogP) is 2.82. The molecule has 0 aromatic carbocycles. The third-order valence-corrected chi connectivity index (χ3v) is 10.3. The maximum absolute atomic E-state index is 11.2. The number of piperidine rings is 2. The monoisotopic (exact) mass is 297 g/mol. The molecule has 9 bridgehead atoms. The molecule has 1 N–H and O–H groups in total. The summed E-state index contributed by atoms with van der Waals surface area (Å²) in [6.45, 7) is 8.32. The van der Waals surface area contributed by atoms with E-state index in [-0.39, 0.29) is 11.5 Å². The summed E-state index contributed by atoms with van der Waals surface area (Å²) >= 11 is 0. The fourth-order valence-corrected chi connectivity index (χ4v) is 10.4. The van der Waals surface area contributed by atoms with Crippen molar-refractivity contribution in [1.82, 2.24) is 4.90 Å². The molecule has 0 radical (unpaired) electrons. The summed E-state index contributed by atoms with van der Waals surface area (Å²) < 4.78 is 0. The van der Waals surface area contributed by atoms with E-state index in [1.807, 2.05) is 0 Å². The van der Waals surface area contributed by atoms with Gasteiger partial charge in [0.05, 0.1) is 6.10 Å². The zero-order chi connectivity index (χ0) is 14.6. The van der Waals surface area contributed by atoms with Gasteiger partial charge in [0.15, 0.2) is 0 Å². The second kappa shape index (κ2) is 2.99. The Morgan fingerprint density at radius 1 is 1.23 bits per heavy atom. The van der Waals surface area contributed by atoms with Crippen molar-refractivity contribution in [2.24, 2.45) is 39.9 Å². The van der Waals surface area contributed by atoms with E-state index in [1.54, 1.807) is 0 Å². The first-order chi connectivity index (χ1) is 10.5. The van der Waals surface area contributed by atoms with Crippen LogP contribution in [0.3, 0.4) is 0 Å². The molecule has 11 atom stereocenters. The van der Waals surface area contributed by atoms with E-state index in [9.17, 15) is 5.11 Å². The molecule has 9 rings (SSSR count). The van der Waals surface area contributed by atoms with Crippen LogP contribution in [0.4, 0.5) is 0 Å². The number of rotatable bonds is 0. The van der Waals surface area contributed by atoms with Gasteiger partial charge in [-0.1, -0.05) is 19.9 Å². The zero-order valence-electron chi connectivity index (χ0n) is 13.6. The minimum Gasteiger partial charge on any atom is -0.388 e. The highest BCUT2D eigenvalue weighted by Gasteiger charge is 2.87. The molecule has 3 unspecified atom stereocenters. The second-order valence-electron chi connectivity index (χ2n) is 10.4. The quantitative estimate of drug-likeness (QED) is 0.695. The number of hydrogen-bond acceptors (Lipinski definition) is 2. The van der Waals surface area contributed by atoms with Crippen LogP contribution < -0.4 is 0 Å². The molecule has 118 valence electrons. The van der Waals surface area contributed by atoms with Gasteiger partial charge in [-0.25, -0.2) is 0 Å². The number of aliphatic hydroxyl groups excluding tert-OH is 1. The van der Waals surface area contributed by atoms with Crippen LogP contribution in [0.5, 0.6) is 0 Å². The molecule has 2 spiro atoms. The summed E-state index contributed by atoms with van der Waals surface area (Å²) in [5, 5.41) is 11.2. The Bertz CT molecular complexity index is 644. The molecule has 9 aliphatic rings. The van der Waals surface area contributed by atoms with Crippen LogP contribution in [0.2, 0.25) is 0 Å². The third-order valence-electron chi connectivity index (χ3n) is 10.3. The van der Waals surface area contributed by atoms with E-state index in [0.29, 0.717) is 16.7 Å². The molecule has 3 saturated heterocycles. The van der Waals surface area contributed by atoms with Crippen molar-refractivity contribution in [2.45, 2.75) is 63.6 Å². The lowest BCUT2D eigenvalue weighted by atomic mass is 9.40. The molecule has 3 heterocycles. The molecule has 6 saturated carbocycles.